The van der Waals surface area contributed by atoms with Crippen molar-refractivity contribution in [2.75, 3.05) is 33.8 Å². The standard InChI is InChI=1S/C15H23FN2O/c1-11(17-9-12-6-7-18(2)10-12)14-5-4-13(19-3)8-15(14)16/h4-5,8,11-12,17H,6-7,9-10H2,1-3H3. The number of hydrogen-bond donors (Lipinski definition) is 1. The van der Waals surface area contributed by atoms with E-state index in [-0.39, 0.29) is 11.9 Å². The van der Waals surface area contributed by atoms with E-state index in [4.69, 9.17) is 4.74 Å². The van der Waals surface area contributed by atoms with E-state index in [0.29, 0.717) is 17.2 Å². The van der Waals surface area contributed by atoms with Crippen LogP contribution in [0.4, 0.5) is 4.39 Å². The van der Waals surface area contributed by atoms with Gasteiger partial charge < -0.3 is 15.0 Å². The topological polar surface area (TPSA) is 24.5 Å². The van der Waals surface area contributed by atoms with Gasteiger partial charge in [0.25, 0.3) is 0 Å². The Morgan fingerprint density at radius 3 is 2.89 bits per heavy atom. The molecule has 106 valence electrons. The first-order chi connectivity index (χ1) is 9.10. The van der Waals surface area contributed by atoms with Gasteiger partial charge >= 0.3 is 0 Å². The molecule has 0 saturated carbocycles. The maximum atomic E-state index is 13.9. The molecule has 0 spiro atoms. The van der Waals surface area contributed by atoms with Gasteiger partial charge in [0, 0.05) is 24.2 Å². The zero-order valence-corrected chi connectivity index (χ0v) is 11.9. The van der Waals surface area contributed by atoms with Crippen molar-refractivity contribution >= 4 is 0 Å². The molecule has 3 nitrogen and oxygen atoms in total. The SMILES string of the molecule is COc1ccc(C(C)NCC2CCN(C)C2)c(F)c1. The van der Waals surface area contributed by atoms with Gasteiger partial charge in [0.05, 0.1) is 7.11 Å². The molecule has 1 aliphatic rings. The number of likely N-dealkylation sites (tertiary alicyclic amines) is 1. The van der Waals surface area contributed by atoms with Crippen LogP contribution in [0.2, 0.25) is 0 Å². The molecular formula is C15H23FN2O. The summed E-state index contributed by atoms with van der Waals surface area (Å²) >= 11 is 0. The van der Waals surface area contributed by atoms with Crippen LogP contribution in [0.3, 0.4) is 0 Å². The van der Waals surface area contributed by atoms with Crippen LogP contribution in [0.15, 0.2) is 18.2 Å². The average Bonchev–Trinajstić information content (AvgIpc) is 2.81. The smallest absolute Gasteiger partial charge is 0.131 e. The first-order valence-corrected chi connectivity index (χ1v) is 6.85. The van der Waals surface area contributed by atoms with Crippen LogP contribution in [0.1, 0.15) is 24.9 Å². The molecule has 2 unspecified atom stereocenters. The number of benzene rings is 1. The highest BCUT2D eigenvalue weighted by Gasteiger charge is 2.20. The van der Waals surface area contributed by atoms with Gasteiger partial charge in [-0.15, -0.1) is 0 Å². The van der Waals surface area contributed by atoms with E-state index in [1.54, 1.807) is 19.2 Å². The van der Waals surface area contributed by atoms with E-state index in [2.05, 4.69) is 17.3 Å². The molecule has 19 heavy (non-hydrogen) atoms. The lowest BCUT2D eigenvalue weighted by Gasteiger charge is -2.18. The average molecular weight is 266 g/mol. The minimum atomic E-state index is -0.206. The van der Waals surface area contributed by atoms with Gasteiger partial charge in [-0.2, -0.15) is 0 Å². The first kappa shape index (κ1) is 14.3. The van der Waals surface area contributed by atoms with Crippen molar-refractivity contribution < 1.29 is 9.13 Å². The number of nitrogens with one attached hydrogen (secondary N) is 1. The highest BCUT2D eigenvalue weighted by atomic mass is 19.1. The predicted octanol–water partition coefficient (Wildman–Crippen LogP) is 2.44. The van der Waals surface area contributed by atoms with Crippen LogP contribution in [0.25, 0.3) is 0 Å². The van der Waals surface area contributed by atoms with Gasteiger partial charge in [-0.25, -0.2) is 4.39 Å². The van der Waals surface area contributed by atoms with E-state index in [1.165, 1.54) is 12.5 Å². The molecule has 0 bridgehead atoms. The molecule has 1 N–H and O–H groups in total. The molecule has 1 aliphatic heterocycles. The fourth-order valence-electron chi connectivity index (χ4n) is 2.63. The number of hydrogen-bond acceptors (Lipinski definition) is 3. The van der Waals surface area contributed by atoms with E-state index < -0.39 is 0 Å². The second-order valence-corrected chi connectivity index (χ2v) is 5.43. The van der Waals surface area contributed by atoms with Gasteiger partial charge in [-0.05, 0) is 45.5 Å². The Morgan fingerprint density at radius 2 is 2.32 bits per heavy atom. The molecule has 1 aromatic rings. The number of rotatable bonds is 5. The highest BCUT2D eigenvalue weighted by Crippen LogP contribution is 2.22. The summed E-state index contributed by atoms with van der Waals surface area (Å²) in [6.07, 6.45) is 1.22. The molecule has 1 aromatic carbocycles. The van der Waals surface area contributed by atoms with Crippen LogP contribution >= 0.6 is 0 Å². The lowest BCUT2D eigenvalue weighted by molar-refractivity contribution is 0.380. The van der Waals surface area contributed by atoms with Crippen molar-refractivity contribution in [1.82, 2.24) is 10.2 Å². The Hall–Kier alpha value is -1.13. The summed E-state index contributed by atoms with van der Waals surface area (Å²) in [6, 6.07) is 5.07. The summed E-state index contributed by atoms with van der Waals surface area (Å²) in [5.41, 5.74) is 0.701. The molecule has 2 rings (SSSR count). The number of nitrogens with zero attached hydrogens (tertiary/aromatic N) is 1. The first-order valence-electron chi connectivity index (χ1n) is 6.85. The summed E-state index contributed by atoms with van der Waals surface area (Å²) in [6.45, 7) is 5.24. The Labute approximate surface area is 114 Å². The number of halogens is 1. The zero-order valence-electron chi connectivity index (χ0n) is 11.9. The normalized spacial score (nSPS) is 21.6. The minimum Gasteiger partial charge on any atom is -0.497 e. The third-order valence-corrected chi connectivity index (χ3v) is 3.88. The summed E-state index contributed by atoms with van der Waals surface area (Å²) in [7, 11) is 3.69. The largest absolute Gasteiger partial charge is 0.497 e. The molecule has 1 saturated heterocycles. The minimum absolute atomic E-state index is 0.0248. The van der Waals surface area contributed by atoms with E-state index in [9.17, 15) is 4.39 Å². The third kappa shape index (κ3) is 3.67. The summed E-state index contributed by atoms with van der Waals surface area (Å²) < 4.78 is 18.9. The lowest BCUT2D eigenvalue weighted by Crippen LogP contribution is -2.27. The zero-order chi connectivity index (χ0) is 13.8. The third-order valence-electron chi connectivity index (χ3n) is 3.88. The fourth-order valence-corrected chi connectivity index (χ4v) is 2.63. The quantitative estimate of drug-likeness (QED) is 0.886. The van der Waals surface area contributed by atoms with Crippen molar-refractivity contribution in [3.05, 3.63) is 29.6 Å². The van der Waals surface area contributed by atoms with Crippen LogP contribution in [-0.2, 0) is 0 Å². The Bertz CT molecular complexity index is 425. The molecule has 0 amide bonds. The molecule has 1 heterocycles. The molecular weight excluding hydrogens is 243 g/mol. The Morgan fingerprint density at radius 1 is 1.53 bits per heavy atom. The fraction of sp³-hybridized carbons (Fsp3) is 0.600. The van der Waals surface area contributed by atoms with Crippen LogP contribution in [-0.4, -0.2) is 38.7 Å². The van der Waals surface area contributed by atoms with Crippen LogP contribution in [0, 0.1) is 11.7 Å². The monoisotopic (exact) mass is 266 g/mol. The highest BCUT2D eigenvalue weighted by molar-refractivity contribution is 5.30. The van der Waals surface area contributed by atoms with Gasteiger partial charge in [0.1, 0.15) is 11.6 Å². The summed E-state index contributed by atoms with van der Waals surface area (Å²) in [4.78, 5) is 2.34. The molecule has 0 radical (unpaired) electrons. The Balaban J connectivity index is 1.90. The van der Waals surface area contributed by atoms with Crippen molar-refractivity contribution in [3.8, 4) is 5.75 Å². The number of ether oxygens (including phenoxy) is 1. The van der Waals surface area contributed by atoms with E-state index in [1.807, 2.05) is 6.92 Å². The van der Waals surface area contributed by atoms with Crippen molar-refractivity contribution in [2.24, 2.45) is 5.92 Å². The number of methoxy groups -OCH3 is 1. The van der Waals surface area contributed by atoms with E-state index >= 15 is 0 Å². The molecule has 0 aliphatic carbocycles. The second kappa shape index (κ2) is 6.35. The van der Waals surface area contributed by atoms with Crippen molar-refractivity contribution in [1.29, 1.82) is 0 Å². The van der Waals surface area contributed by atoms with Gasteiger partial charge in [0.2, 0.25) is 0 Å². The lowest BCUT2D eigenvalue weighted by atomic mass is 10.1. The van der Waals surface area contributed by atoms with Gasteiger partial charge in [0.15, 0.2) is 0 Å². The van der Waals surface area contributed by atoms with E-state index in [0.717, 1.165) is 19.6 Å². The maximum absolute atomic E-state index is 13.9. The predicted molar refractivity (Wildman–Crippen MR) is 75.0 cm³/mol. The van der Waals surface area contributed by atoms with Gasteiger partial charge in [-0.3, -0.25) is 0 Å². The van der Waals surface area contributed by atoms with Crippen molar-refractivity contribution in [3.63, 3.8) is 0 Å². The Kier molecular flexibility index (Phi) is 4.77. The van der Waals surface area contributed by atoms with Crippen LogP contribution < -0.4 is 10.1 Å². The summed E-state index contributed by atoms with van der Waals surface area (Å²) in [5.74, 6) is 1.03. The molecule has 4 heteroatoms. The van der Waals surface area contributed by atoms with Gasteiger partial charge in [-0.1, -0.05) is 6.07 Å². The maximum Gasteiger partial charge on any atom is 0.131 e. The molecule has 2 atom stereocenters. The van der Waals surface area contributed by atoms with Crippen molar-refractivity contribution in [2.45, 2.75) is 19.4 Å². The van der Waals surface area contributed by atoms with Crippen LogP contribution in [0.5, 0.6) is 5.75 Å². The summed E-state index contributed by atoms with van der Waals surface area (Å²) in [5, 5.41) is 3.43. The second-order valence-electron chi connectivity index (χ2n) is 5.43. The molecule has 0 aromatic heterocycles. The molecule has 1 fully saturated rings.